The second kappa shape index (κ2) is 5.61. The topological polar surface area (TPSA) is 76.1 Å². The standard InChI is InChI=1S/C16H19NO5/c1-9-5-11-7-14(22-13(11)6-10(9)2)15(18)17-3-4-21-8-12(17)16(19)20/h5-6,12,14H,3-4,7-8H2,1-2H3,(H,19,20). The molecule has 0 aliphatic carbocycles. The van der Waals surface area contributed by atoms with Crippen LogP contribution in [0.15, 0.2) is 12.1 Å². The van der Waals surface area contributed by atoms with Crippen LogP contribution >= 0.6 is 0 Å². The van der Waals surface area contributed by atoms with E-state index in [4.69, 9.17) is 9.47 Å². The highest BCUT2D eigenvalue weighted by Crippen LogP contribution is 2.32. The van der Waals surface area contributed by atoms with Crippen molar-refractivity contribution in [2.75, 3.05) is 19.8 Å². The molecule has 0 bridgehead atoms. The van der Waals surface area contributed by atoms with Gasteiger partial charge in [-0.15, -0.1) is 0 Å². The zero-order chi connectivity index (χ0) is 15.9. The number of nitrogens with zero attached hydrogens (tertiary/aromatic N) is 1. The number of aliphatic carboxylic acids is 1. The monoisotopic (exact) mass is 305 g/mol. The van der Waals surface area contributed by atoms with Crippen LogP contribution in [0.2, 0.25) is 0 Å². The van der Waals surface area contributed by atoms with Crippen molar-refractivity contribution < 1.29 is 24.2 Å². The van der Waals surface area contributed by atoms with Crippen LogP contribution in [-0.2, 0) is 20.7 Å². The van der Waals surface area contributed by atoms with Crippen LogP contribution in [0.25, 0.3) is 0 Å². The summed E-state index contributed by atoms with van der Waals surface area (Å²) in [5.41, 5.74) is 3.27. The zero-order valence-electron chi connectivity index (χ0n) is 12.7. The van der Waals surface area contributed by atoms with E-state index in [9.17, 15) is 14.7 Å². The fourth-order valence-electron chi connectivity index (χ4n) is 2.91. The molecule has 2 atom stereocenters. The summed E-state index contributed by atoms with van der Waals surface area (Å²) in [5, 5.41) is 9.23. The van der Waals surface area contributed by atoms with Gasteiger partial charge in [-0.2, -0.15) is 0 Å². The van der Waals surface area contributed by atoms with Crippen molar-refractivity contribution in [3.05, 3.63) is 28.8 Å². The molecule has 0 saturated carbocycles. The van der Waals surface area contributed by atoms with E-state index in [1.165, 1.54) is 4.90 Å². The number of amides is 1. The van der Waals surface area contributed by atoms with Gasteiger partial charge in [0.25, 0.3) is 5.91 Å². The Morgan fingerprint density at radius 3 is 2.73 bits per heavy atom. The molecule has 118 valence electrons. The maximum Gasteiger partial charge on any atom is 0.328 e. The average Bonchev–Trinajstić information content (AvgIpc) is 2.89. The molecular weight excluding hydrogens is 286 g/mol. The van der Waals surface area contributed by atoms with Gasteiger partial charge in [-0.05, 0) is 36.6 Å². The molecule has 1 amide bonds. The summed E-state index contributed by atoms with van der Waals surface area (Å²) >= 11 is 0. The molecule has 6 heteroatoms. The minimum Gasteiger partial charge on any atom is -0.480 e. The molecule has 1 saturated heterocycles. The average molecular weight is 305 g/mol. The van der Waals surface area contributed by atoms with E-state index in [0.29, 0.717) is 13.0 Å². The van der Waals surface area contributed by atoms with Crippen LogP contribution in [0.4, 0.5) is 0 Å². The molecular formula is C16H19NO5. The number of benzene rings is 1. The van der Waals surface area contributed by atoms with Crippen LogP contribution in [0.1, 0.15) is 16.7 Å². The van der Waals surface area contributed by atoms with Crippen LogP contribution in [0.3, 0.4) is 0 Å². The smallest absolute Gasteiger partial charge is 0.328 e. The molecule has 1 aromatic carbocycles. The number of carboxylic acid groups (broad SMARTS) is 1. The van der Waals surface area contributed by atoms with E-state index in [2.05, 4.69) is 0 Å². The number of carboxylic acids is 1. The third kappa shape index (κ3) is 2.54. The van der Waals surface area contributed by atoms with Gasteiger partial charge < -0.3 is 19.5 Å². The highest BCUT2D eigenvalue weighted by Gasteiger charge is 2.39. The summed E-state index contributed by atoms with van der Waals surface area (Å²) in [6.45, 7) is 4.68. The van der Waals surface area contributed by atoms with Crippen molar-refractivity contribution >= 4 is 11.9 Å². The van der Waals surface area contributed by atoms with Crippen LogP contribution in [0, 0.1) is 13.8 Å². The van der Waals surface area contributed by atoms with E-state index in [1.807, 2.05) is 26.0 Å². The minimum absolute atomic E-state index is 0.0267. The number of ether oxygens (including phenoxy) is 2. The van der Waals surface area contributed by atoms with Crippen molar-refractivity contribution in [3.63, 3.8) is 0 Å². The number of carbonyl (C=O) groups excluding carboxylic acids is 1. The Labute approximate surface area is 128 Å². The lowest BCUT2D eigenvalue weighted by Crippen LogP contribution is -2.56. The lowest BCUT2D eigenvalue weighted by molar-refractivity contribution is -0.161. The second-order valence-electron chi connectivity index (χ2n) is 5.82. The van der Waals surface area contributed by atoms with Crippen molar-refractivity contribution in [1.29, 1.82) is 0 Å². The molecule has 0 spiro atoms. The van der Waals surface area contributed by atoms with Crippen molar-refractivity contribution in [3.8, 4) is 5.75 Å². The highest BCUT2D eigenvalue weighted by molar-refractivity contribution is 5.87. The first-order chi connectivity index (χ1) is 10.5. The second-order valence-corrected chi connectivity index (χ2v) is 5.82. The highest BCUT2D eigenvalue weighted by atomic mass is 16.5. The van der Waals surface area contributed by atoms with E-state index < -0.39 is 18.1 Å². The Balaban J connectivity index is 1.78. The predicted octanol–water partition coefficient (Wildman–Crippen LogP) is 0.919. The quantitative estimate of drug-likeness (QED) is 0.879. The molecule has 2 aliphatic rings. The molecule has 22 heavy (non-hydrogen) atoms. The maximum absolute atomic E-state index is 12.6. The zero-order valence-corrected chi connectivity index (χ0v) is 12.7. The number of morpholine rings is 1. The first-order valence-corrected chi connectivity index (χ1v) is 7.35. The Kier molecular flexibility index (Phi) is 3.78. The largest absolute Gasteiger partial charge is 0.480 e. The van der Waals surface area contributed by atoms with E-state index in [1.54, 1.807) is 0 Å². The Hall–Kier alpha value is -2.08. The Morgan fingerprint density at radius 1 is 1.27 bits per heavy atom. The first kappa shape index (κ1) is 14.8. The molecule has 1 fully saturated rings. The van der Waals surface area contributed by atoms with Gasteiger partial charge in [0.1, 0.15) is 5.75 Å². The van der Waals surface area contributed by atoms with Crippen LogP contribution in [0.5, 0.6) is 5.75 Å². The number of rotatable bonds is 2. The van der Waals surface area contributed by atoms with E-state index >= 15 is 0 Å². The summed E-state index contributed by atoms with van der Waals surface area (Å²) in [6.07, 6.45) is -0.157. The van der Waals surface area contributed by atoms with Gasteiger partial charge in [-0.3, -0.25) is 4.79 Å². The maximum atomic E-state index is 12.6. The van der Waals surface area contributed by atoms with E-state index in [-0.39, 0.29) is 19.1 Å². The van der Waals surface area contributed by atoms with Gasteiger partial charge in [-0.25, -0.2) is 4.79 Å². The van der Waals surface area contributed by atoms with Gasteiger partial charge in [0.15, 0.2) is 12.1 Å². The lowest BCUT2D eigenvalue weighted by Gasteiger charge is -2.34. The molecule has 3 rings (SSSR count). The van der Waals surface area contributed by atoms with Gasteiger partial charge in [0.05, 0.1) is 13.2 Å². The number of hydrogen-bond donors (Lipinski definition) is 1. The van der Waals surface area contributed by atoms with Crippen molar-refractivity contribution in [2.45, 2.75) is 32.4 Å². The van der Waals surface area contributed by atoms with Crippen molar-refractivity contribution in [1.82, 2.24) is 4.90 Å². The number of hydrogen-bond acceptors (Lipinski definition) is 4. The molecule has 2 heterocycles. The summed E-state index contributed by atoms with van der Waals surface area (Å²) in [4.78, 5) is 25.3. The summed E-state index contributed by atoms with van der Waals surface area (Å²) in [7, 11) is 0. The normalized spacial score (nSPS) is 23.8. The molecule has 1 aromatic rings. The summed E-state index contributed by atoms with van der Waals surface area (Å²) < 4.78 is 10.9. The molecule has 0 radical (unpaired) electrons. The molecule has 1 N–H and O–H groups in total. The summed E-state index contributed by atoms with van der Waals surface area (Å²) in [5.74, 6) is -0.598. The molecule has 2 unspecified atom stereocenters. The molecule has 2 aliphatic heterocycles. The molecule has 6 nitrogen and oxygen atoms in total. The predicted molar refractivity (Wildman–Crippen MR) is 78.0 cm³/mol. The van der Waals surface area contributed by atoms with Gasteiger partial charge >= 0.3 is 5.97 Å². The fraction of sp³-hybridized carbons (Fsp3) is 0.500. The Bertz CT molecular complexity index is 596. The van der Waals surface area contributed by atoms with E-state index in [0.717, 1.165) is 22.4 Å². The third-order valence-electron chi connectivity index (χ3n) is 4.32. The number of fused-ring (bicyclic) bond motifs is 1. The Morgan fingerprint density at radius 2 is 2.00 bits per heavy atom. The van der Waals surface area contributed by atoms with Gasteiger partial charge in [-0.1, -0.05) is 6.07 Å². The van der Waals surface area contributed by atoms with Gasteiger partial charge in [0.2, 0.25) is 0 Å². The SMILES string of the molecule is Cc1cc2c(cc1C)OC(C(=O)N1CCOCC1C(=O)O)C2. The lowest BCUT2D eigenvalue weighted by atomic mass is 10.0. The molecule has 0 aromatic heterocycles. The third-order valence-corrected chi connectivity index (χ3v) is 4.32. The van der Waals surface area contributed by atoms with Crippen LogP contribution in [-0.4, -0.2) is 53.8 Å². The number of aryl methyl sites for hydroxylation is 2. The van der Waals surface area contributed by atoms with Crippen LogP contribution < -0.4 is 4.74 Å². The summed E-state index contributed by atoms with van der Waals surface area (Å²) in [6, 6.07) is 3.04. The number of carbonyl (C=O) groups is 2. The minimum atomic E-state index is -1.05. The first-order valence-electron chi connectivity index (χ1n) is 7.35. The van der Waals surface area contributed by atoms with Gasteiger partial charge in [0, 0.05) is 13.0 Å². The van der Waals surface area contributed by atoms with Crippen molar-refractivity contribution in [2.24, 2.45) is 0 Å². The fourth-order valence-corrected chi connectivity index (χ4v) is 2.91.